The van der Waals surface area contributed by atoms with Gasteiger partial charge in [0.1, 0.15) is 17.7 Å². The number of ether oxygens (including phenoxy) is 1. The maximum atomic E-state index is 13.8. The first-order valence-corrected chi connectivity index (χ1v) is 8.55. The van der Waals surface area contributed by atoms with Gasteiger partial charge in [-0.25, -0.2) is 23.5 Å². The molecule has 0 saturated heterocycles. The van der Waals surface area contributed by atoms with Gasteiger partial charge in [-0.3, -0.25) is 0 Å². The Labute approximate surface area is 165 Å². The zero-order valence-electron chi connectivity index (χ0n) is 15.1. The lowest BCUT2D eigenvalue weighted by Crippen LogP contribution is -2.24. The Hall–Kier alpha value is -3.25. The molecule has 0 bridgehead atoms. The molecule has 3 rings (SSSR count). The van der Waals surface area contributed by atoms with Crippen molar-refractivity contribution in [3.63, 3.8) is 0 Å². The number of hydrogen-bond donors (Lipinski definition) is 3. The van der Waals surface area contributed by atoms with Crippen molar-refractivity contribution < 1.29 is 46.5 Å². The molecule has 0 aliphatic heterocycles. The number of carboxylic acid groups (broad SMARTS) is 2. The van der Waals surface area contributed by atoms with Crippen molar-refractivity contribution in [2.75, 3.05) is 0 Å². The molecule has 0 amide bonds. The molecule has 30 heavy (non-hydrogen) atoms. The highest BCUT2D eigenvalue weighted by atomic mass is 19.4. The van der Waals surface area contributed by atoms with Crippen LogP contribution in [-0.4, -0.2) is 49.8 Å². The van der Waals surface area contributed by atoms with Gasteiger partial charge in [-0.1, -0.05) is 16.4 Å². The van der Waals surface area contributed by atoms with Crippen LogP contribution in [-0.2, 0) is 4.79 Å². The second-order valence-electron chi connectivity index (χ2n) is 6.36. The van der Waals surface area contributed by atoms with E-state index in [1.165, 1.54) is 12.1 Å². The van der Waals surface area contributed by atoms with Crippen molar-refractivity contribution in [1.29, 1.82) is 0 Å². The quantitative estimate of drug-likeness (QED) is 0.625. The zero-order chi connectivity index (χ0) is 22.5. The standard InChI is InChI=1S/C15H15F2N3O3.C2HF3O2/c16-9-3-6-11(12(17)7-9)8-1-4-10(5-2-8)23-14-13(15(21)22)18-20-19-14;3-2(4,5)1(6)7/h3,6-8,10H,1-2,4-5H2,(H,21,22)(H,18,19,20);(H,6,7)/t8-,10-;. The number of aromatic amines is 1. The van der Waals surface area contributed by atoms with Crippen molar-refractivity contribution >= 4 is 11.9 Å². The van der Waals surface area contributed by atoms with Gasteiger partial charge in [0.25, 0.3) is 5.88 Å². The summed E-state index contributed by atoms with van der Waals surface area (Å²) in [7, 11) is 0. The van der Waals surface area contributed by atoms with Crippen molar-refractivity contribution in [2.45, 2.75) is 43.9 Å². The minimum absolute atomic E-state index is 0.00621. The van der Waals surface area contributed by atoms with Crippen molar-refractivity contribution in [2.24, 2.45) is 0 Å². The van der Waals surface area contributed by atoms with Gasteiger partial charge in [-0.05, 0) is 43.2 Å². The summed E-state index contributed by atoms with van der Waals surface area (Å²) in [6.45, 7) is 0. The number of hydrogen-bond acceptors (Lipinski definition) is 5. The van der Waals surface area contributed by atoms with Gasteiger partial charge in [0.15, 0.2) is 0 Å². The molecule has 2 aromatic rings. The molecular weight excluding hydrogens is 421 g/mol. The summed E-state index contributed by atoms with van der Waals surface area (Å²) in [6.07, 6.45) is -2.67. The van der Waals surface area contributed by atoms with Crippen LogP contribution in [0.15, 0.2) is 18.2 Å². The average Bonchev–Trinajstić information content (AvgIpc) is 3.11. The highest BCUT2D eigenvalue weighted by Gasteiger charge is 2.38. The van der Waals surface area contributed by atoms with Crippen LogP contribution < -0.4 is 4.74 Å². The topological polar surface area (TPSA) is 125 Å². The minimum atomic E-state index is -5.08. The highest BCUT2D eigenvalue weighted by Crippen LogP contribution is 2.35. The number of halogens is 5. The predicted octanol–water partition coefficient (Wildman–Crippen LogP) is 3.52. The fraction of sp³-hybridized carbons (Fsp3) is 0.412. The smallest absolute Gasteiger partial charge is 0.476 e. The first kappa shape index (κ1) is 23.0. The lowest BCUT2D eigenvalue weighted by atomic mass is 9.82. The number of carbonyl (C=O) groups is 2. The van der Waals surface area contributed by atoms with E-state index in [9.17, 15) is 26.7 Å². The number of carboxylic acids is 2. The Balaban J connectivity index is 0.000000396. The van der Waals surface area contributed by atoms with E-state index in [0.29, 0.717) is 31.2 Å². The summed E-state index contributed by atoms with van der Waals surface area (Å²) in [5.41, 5.74) is 0.328. The van der Waals surface area contributed by atoms with Crippen LogP contribution in [0.2, 0.25) is 0 Å². The number of aliphatic carboxylic acids is 1. The van der Waals surface area contributed by atoms with Crippen LogP contribution in [0.5, 0.6) is 5.88 Å². The number of H-pyrrole nitrogens is 1. The molecule has 1 fully saturated rings. The van der Waals surface area contributed by atoms with Crippen molar-refractivity contribution in [3.8, 4) is 5.88 Å². The molecule has 164 valence electrons. The van der Waals surface area contributed by atoms with E-state index in [2.05, 4.69) is 15.4 Å². The van der Waals surface area contributed by atoms with Crippen LogP contribution in [0.1, 0.15) is 47.7 Å². The predicted molar refractivity (Wildman–Crippen MR) is 89.0 cm³/mol. The fourth-order valence-electron chi connectivity index (χ4n) is 2.92. The third-order valence-corrected chi connectivity index (χ3v) is 4.33. The van der Waals surface area contributed by atoms with Gasteiger partial charge in [-0.15, -0.1) is 0 Å². The van der Waals surface area contributed by atoms with Crippen LogP contribution in [0.25, 0.3) is 0 Å². The molecule has 8 nitrogen and oxygen atoms in total. The van der Waals surface area contributed by atoms with E-state index < -0.39 is 29.7 Å². The number of alkyl halides is 3. The molecule has 0 unspecified atom stereocenters. The van der Waals surface area contributed by atoms with Gasteiger partial charge < -0.3 is 14.9 Å². The second kappa shape index (κ2) is 9.50. The molecule has 3 N–H and O–H groups in total. The molecule has 0 radical (unpaired) electrons. The molecule has 1 heterocycles. The summed E-state index contributed by atoms with van der Waals surface area (Å²) >= 11 is 0. The van der Waals surface area contributed by atoms with Gasteiger partial charge in [0.2, 0.25) is 5.69 Å². The van der Waals surface area contributed by atoms with Gasteiger partial charge >= 0.3 is 18.1 Å². The van der Waals surface area contributed by atoms with E-state index in [-0.39, 0.29) is 23.6 Å². The number of rotatable bonds is 4. The highest BCUT2D eigenvalue weighted by molar-refractivity contribution is 5.87. The lowest BCUT2D eigenvalue weighted by Gasteiger charge is -2.28. The van der Waals surface area contributed by atoms with E-state index in [0.717, 1.165) is 6.07 Å². The van der Waals surface area contributed by atoms with Crippen LogP contribution in [0.4, 0.5) is 22.0 Å². The maximum Gasteiger partial charge on any atom is 0.490 e. The molecule has 1 saturated carbocycles. The number of benzene rings is 1. The van der Waals surface area contributed by atoms with Gasteiger partial charge in [-0.2, -0.15) is 13.2 Å². The number of nitrogens with one attached hydrogen (secondary N) is 1. The molecule has 1 aliphatic carbocycles. The lowest BCUT2D eigenvalue weighted by molar-refractivity contribution is -0.192. The van der Waals surface area contributed by atoms with E-state index >= 15 is 0 Å². The third-order valence-electron chi connectivity index (χ3n) is 4.33. The average molecular weight is 437 g/mol. The van der Waals surface area contributed by atoms with E-state index in [4.69, 9.17) is 19.7 Å². The van der Waals surface area contributed by atoms with Gasteiger partial charge in [0.05, 0.1) is 0 Å². The van der Waals surface area contributed by atoms with E-state index in [1.54, 1.807) is 0 Å². The number of nitrogens with zero attached hydrogens (tertiary/aromatic N) is 2. The molecule has 0 atom stereocenters. The molecule has 13 heteroatoms. The number of aromatic carboxylic acids is 1. The molecule has 1 aliphatic rings. The first-order valence-electron chi connectivity index (χ1n) is 8.55. The summed E-state index contributed by atoms with van der Waals surface area (Å²) in [5, 5.41) is 25.4. The van der Waals surface area contributed by atoms with Crippen LogP contribution in [0, 0.1) is 11.6 Å². The summed E-state index contributed by atoms with van der Waals surface area (Å²) < 4.78 is 64.1. The Kier molecular flexibility index (Phi) is 7.29. The molecular formula is C17H16F5N3O5. The Morgan fingerprint density at radius 2 is 1.70 bits per heavy atom. The third kappa shape index (κ3) is 6.12. The zero-order valence-corrected chi connectivity index (χ0v) is 15.1. The minimum Gasteiger partial charge on any atom is -0.476 e. The fourth-order valence-corrected chi connectivity index (χ4v) is 2.92. The maximum absolute atomic E-state index is 13.8. The molecule has 1 aromatic carbocycles. The molecule has 1 aromatic heterocycles. The van der Waals surface area contributed by atoms with E-state index in [1.807, 2.05) is 0 Å². The van der Waals surface area contributed by atoms with Crippen LogP contribution >= 0.6 is 0 Å². The second-order valence-corrected chi connectivity index (χ2v) is 6.36. The SMILES string of the molecule is O=C(O)C(F)(F)F.O=C(O)c1[nH]nnc1O[C@H]1CC[C@H](c2ccc(F)cc2F)CC1. The Morgan fingerprint density at radius 3 is 2.20 bits per heavy atom. The Bertz CT molecular complexity index is 894. The Morgan fingerprint density at radius 1 is 1.10 bits per heavy atom. The largest absolute Gasteiger partial charge is 0.490 e. The molecule has 0 spiro atoms. The van der Waals surface area contributed by atoms with Gasteiger partial charge in [0, 0.05) is 6.07 Å². The van der Waals surface area contributed by atoms with Crippen molar-refractivity contribution in [1.82, 2.24) is 15.4 Å². The summed E-state index contributed by atoms with van der Waals surface area (Å²) in [4.78, 5) is 19.9. The van der Waals surface area contributed by atoms with Crippen LogP contribution in [0.3, 0.4) is 0 Å². The van der Waals surface area contributed by atoms with Crippen molar-refractivity contribution in [3.05, 3.63) is 41.1 Å². The first-order chi connectivity index (χ1) is 14.0. The summed E-state index contributed by atoms with van der Waals surface area (Å²) in [5.74, 6) is -5.09. The normalized spacial score (nSPS) is 18.8. The monoisotopic (exact) mass is 437 g/mol. The number of aromatic nitrogens is 3. The summed E-state index contributed by atoms with van der Waals surface area (Å²) in [6, 6.07) is 3.64.